The molecule has 26 heavy (non-hydrogen) atoms. The number of likely N-dealkylation sites (tertiary alicyclic amines) is 1. The Hall–Kier alpha value is -2.89. The minimum Gasteiger partial charge on any atom is -0.464 e. The second-order valence-corrected chi connectivity index (χ2v) is 6.76. The maximum Gasteiger partial charge on any atom is 0.275 e. The number of hydrogen-bond acceptors (Lipinski definition) is 4. The molecule has 1 fully saturated rings. The Kier molecular flexibility index (Phi) is 4.32. The Labute approximate surface area is 150 Å². The van der Waals surface area contributed by atoms with Crippen molar-refractivity contribution >= 4 is 16.7 Å². The van der Waals surface area contributed by atoms with Gasteiger partial charge in [0, 0.05) is 11.9 Å². The molecule has 4 rings (SSSR count). The number of amides is 1. The highest BCUT2D eigenvalue weighted by Gasteiger charge is 2.31. The van der Waals surface area contributed by atoms with Crippen LogP contribution in [-0.4, -0.2) is 27.5 Å². The molecule has 1 N–H and O–H groups in total. The van der Waals surface area contributed by atoms with Gasteiger partial charge in [-0.05, 0) is 38.0 Å². The molecule has 0 radical (unpaired) electrons. The number of nitrogens with zero attached hydrogens (tertiary/aromatic N) is 2. The van der Waals surface area contributed by atoms with Crippen LogP contribution < -0.4 is 5.56 Å². The summed E-state index contributed by atoms with van der Waals surface area (Å²) >= 11 is 0. The molecule has 3 aromatic rings. The van der Waals surface area contributed by atoms with Crippen molar-refractivity contribution in [1.82, 2.24) is 15.1 Å². The lowest BCUT2D eigenvalue weighted by atomic mass is 10.1. The number of carbonyl (C=O) groups excluding carboxylic acids is 1. The molecular formula is C20H21N3O3. The predicted octanol–water partition coefficient (Wildman–Crippen LogP) is 3.58. The van der Waals surface area contributed by atoms with Crippen LogP contribution in [0.3, 0.4) is 0 Å². The maximum atomic E-state index is 13.4. The monoisotopic (exact) mass is 351 g/mol. The molecule has 3 heterocycles. The van der Waals surface area contributed by atoms with Gasteiger partial charge in [0.25, 0.3) is 11.5 Å². The molecule has 0 spiro atoms. The predicted molar refractivity (Wildman–Crippen MR) is 98.1 cm³/mol. The van der Waals surface area contributed by atoms with Gasteiger partial charge in [0.05, 0.1) is 11.4 Å². The fraction of sp³-hybridized carbons (Fsp3) is 0.350. The Morgan fingerprint density at radius 1 is 1.15 bits per heavy atom. The Morgan fingerprint density at radius 2 is 1.96 bits per heavy atom. The van der Waals surface area contributed by atoms with Gasteiger partial charge in [-0.3, -0.25) is 9.59 Å². The van der Waals surface area contributed by atoms with E-state index in [1.807, 2.05) is 30.0 Å². The van der Waals surface area contributed by atoms with Gasteiger partial charge in [0.1, 0.15) is 11.5 Å². The summed E-state index contributed by atoms with van der Waals surface area (Å²) in [6.45, 7) is 2.56. The minimum absolute atomic E-state index is 0.105. The van der Waals surface area contributed by atoms with E-state index < -0.39 is 0 Å². The molecule has 1 unspecified atom stereocenters. The van der Waals surface area contributed by atoms with Crippen LogP contribution in [0.5, 0.6) is 0 Å². The number of aromatic amines is 1. The van der Waals surface area contributed by atoms with E-state index in [9.17, 15) is 9.59 Å². The fourth-order valence-electron chi connectivity index (χ4n) is 3.69. The number of nitrogens with one attached hydrogen (secondary N) is 1. The van der Waals surface area contributed by atoms with Crippen LogP contribution in [0.2, 0.25) is 0 Å². The molecule has 1 aromatic carbocycles. The average molecular weight is 351 g/mol. The summed E-state index contributed by atoms with van der Waals surface area (Å²) in [5.41, 5.74) is 0.00149. The molecular weight excluding hydrogens is 330 g/mol. The summed E-state index contributed by atoms with van der Waals surface area (Å²) in [5.74, 6) is 1.48. The summed E-state index contributed by atoms with van der Waals surface area (Å²) < 4.78 is 5.83. The highest BCUT2D eigenvalue weighted by molar-refractivity contribution is 6.04. The first kappa shape index (κ1) is 16.6. The van der Waals surface area contributed by atoms with Crippen molar-refractivity contribution in [1.29, 1.82) is 0 Å². The number of benzene rings is 1. The zero-order chi connectivity index (χ0) is 18.1. The molecule has 1 aliphatic heterocycles. The number of fused-ring (bicyclic) bond motifs is 1. The van der Waals surface area contributed by atoms with E-state index in [0.29, 0.717) is 17.3 Å². The highest BCUT2D eigenvalue weighted by atomic mass is 16.3. The van der Waals surface area contributed by atoms with Crippen molar-refractivity contribution < 1.29 is 9.21 Å². The normalized spacial score (nSPS) is 18.0. The first-order valence-corrected chi connectivity index (χ1v) is 9.00. The van der Waals surface area contributed by atoms with Gasteiger partial charge >= 0.3 is 0 Å². The molecule has 0 aliphatic carbocycles. The molecule has 6 heteroatoms. The molecule has 1 amide bonds. The second-order valence-electron chi connectivity index (χ2n) is 6.76. The molecule has 1 saturated heterocycles. The smallest absolute Gasteiger partial charge is 0.275 e. The van der Waals surface area contributed by atoms with Crippen molar-refractivity contribution in [3.8, 4) is 0 Å². The van der Waals surface area contributed by atoms with Crippen molar-refractivity contribution in [2.45, 2.75) is 38.6 Å². The van der Waals surface area contributed by atoms with Crippen molar-refractivity contribution in [3.05, 3.63) is 64.0 Å². The summed E-state index contributed by atoms with van der Waals surface area (Å²) in [4.78, 5) is 27.2. The quantitative estimate of drug-likeness (QED) is 0.765. The number of aryl methyl sites for hydroxylation is 1. The first-order chi connectivity index (χ1) is 12.6. The number of H-pyrrole nitrogens is 1. The molecule has 1 aliphatic rings. The van der Waals surface area contributed by atoms with Crippen LogP contribution in [0.1, 0.15) is 53.7 Å². The Morgan fingerprint density at radius 3 is 2.73 bits per heavy atom. The van der Waals surface area contributed by atoms with E-state index in [1.165, 1.54) is 0 Å². The van der Waals surface area contributed by atoms with Gasteiger partial charge in [0.15, 0.2) is 5.69 Å². The molecule has 6 nitrogen and oxygen atoms in total. The molecule has 2 aromatic heterocycles. The summed E-state index contributed by atoms with van der Waals surface area (Å²) in [6, 6.07) is 10.9. The van der Waals surface area contributed by atoms with E-state index in [2.05, 4.69) is 10.2 Å². The van der Waals surface area contributed by atoms with Gasteiger partial charge in [-0.15, -0.1) is 0 Å². The second kappa shape index (κ2) is 6.78. The molecule has 0 bridgehead atoms. The summed E-state index contributed by atoms with van der Waals surface area (Å²) in [6.07, 6.45) is 3.94. The van der Waals surface area contributed by atoms with Crippen LogP contribution in [0.15, 0.2) is 45.6 Å². The van der Waals surface area contributed by atoms with Crippen molar-refractivity contribution in [2.75, 3.05) is 6.54 Å². The van der Waals surface area contributed by atoms with E-state index in [-0.39, 0.29) is 23.2 Å². The highest BCUT2D eigenvalue weighted by Crippen LogP contribution is 2.32. The van der Waals surface area contributed by atoms with E-state index >= 15 is 0 Å². The largest absolute Gasteiger partial charge is 0.464 e. The van der Waals surface area contributed by atoms with Gasteiger partial charge in [0.2, 0.25) is 0 Å². The van der Waals surface area contributed by atoms with Crippen LogP contribution >= 0.6 is 0 Å². The fourth-order valence-corrected chi connectivity index (χ4v) is 3.69. The lowest BCUT2D eigenvalue weighted by Crippen LogP contribution is -2.36. The van der Waals surface area contributed by atoms with Gasteiger partial charge in [-0.25, -0.2) is 5.10 Å². The third kappa shape index (κ3) is 2.92. The maximum absolute atomic E-state index is 13.4. The number of aromatic nitrogens is 2. The average Bonchev–Trinajstić information content (AvgIpc) is 2.94. The summed E-state index contributed by atoms with van der Waals surface area (Å²) in [7, 11) is 0. The van der Waals surface area contributed by atoms with Gasteiger partial charge in [-0.2, -0.15) is 5.10 Å². The van der Waals surface area contributed by atoms with Gasteiger partial charge in [-0.1, -0.05) is 31.0 Å². The number of rotatable bonds is 2. The summed E-state index contributed by atoms with van der Waals surface area (Å²) in [5, 5.41) is 7.61. The van der Waals surface area contributed by atoms with Crippen molar-refractivity contribution in [2.24, 2.45) is 0 Å². The lowest BCUT2D eigenvalue weighted by molar-refractivity contribution is 0.0652. The lowest BCUT2D eigenvalue weighted by Gasteiger charge is -2.28. The SMILES string of the molecule is Cc1ccc(C2CCCCCN2C(=O)c2n[nH]c(=O)c3ccccc23)o1. The number of carbonyl (C=O) groups is 1. The minimum atomic E-state index is -0.286. The van der Waals surface area contributed by atoms with Crippen molar-refractivity contribution in [3.63, 3.8) is 0 Å². The Balaban J connectivity index is 1.78. The number of hydrogen-bond donors (Lipinski definition) is 1. The molecule has 134 valence electrons. The standard InChI is InChI=1S/C20H21N3O3/c1-13-10-11-17(26-13)16-9-3-2-6-12-23(16)20(25)18-14-7-4-5-8-15(14)19(24)22-21-18/h4-5,7-8,10-11,16H,2-3,6,9,12H2,1H3,(H,22,24). The van der Waals surface area contributed by atoms with E-state index in [0.717, 1.165) is 37.2 Å². The van der Waals surface area contributed by atoms with Crippen LogP contribution in [0, 0.1) is 6.92 Å². The zero-order valence-electron chi connectivity index (χ0n) is 14.7. The molecule has 0 saturated carbocycles. The van der Waals surface area contributed by atoms with E-state index in [1.54, 1.807) is 18.2 Å². The zero-order valence-corrected chi connectivity index (χ0v) is 14.7. The first-order valence-electron chi connectivity index (χ1n) is 9.00. The third-order valence-electron chi connectivity index (χ3n) is 5.00. The third-order valence-corrected chi connectivity index (χ3v) is 5.00. The van der Waals surface area contributed by atoms with Crippen LogP contribution in [-0.2, 0) is 0 Å². The topological polar surface area (TPSA) is 79.2 Å². The van der Waals surface area contributed by atoms with E-state index in [4.69, 9.17) is 4.42 Å². The van der Waals surface area contributed by atoms with Crippen LogP contribution in [0.4, 0.5) is 0 Å². The van der Waals surface area contributed by atoms with Gasteiger partial charge < -0.3 is 9.32 Å². The van der Waals surface area contributed by atoms with Crippen LogP contribution in [0.25, 0.3) is 10.8 Å². The number of furan rings is 1. The molecule has 1 atom stereocenters. The Bertz CT molecular complexity index is 1000.